The van der Waals surface area contributed by atoms with Crippen molar-refractivity contribution in [3.63, 3.8) is 0 Å². The van der Waals surface area contributed by atoms with Crippen LogP contribution >= 0.6 is 0 Å². The van der Waals surface area contributed by atoms with Gasteiger partial charge in [-0.2, -0.15) is 0 Å². The summed E-state index contributed by atoms with van der Waals surface area (Å²) in [5.74, 6) is 1.02. The van der Waals surface area contributed by atoms with Crippen LogP contribution in [0.2, 0.25) is 0 Å². The average Bonchev–Trinajstić information content (AvgIpc) is 3.16. The van der Waals surface area contributed by atoms with E-state index in [4.69, 9.17) is 9.47 Å². The largest absolute Gasteiger partial charge is 0.497 e. The van der Waals surface area contributed by atoms with E-state index in [1.807, 2.05) is 36.4 Å². The van der Waals surface area contributed by atoms with Crippen molar-refractivity contribution in [1.29, 1.82) is 0 Å². The summed E-state index contributed by atoms with van der Waals surface area (Å²) in [5.41, 5.74) is 3.37. The maximum atomic E-state index is 11.7. The van der Waals surface area contributed by atoms with E-state index in [2.05, 4.69) is 23.3 Å². The highest BCUT2D eigenvalue weighted by Crippen LogP contribution is 2.33. The molecule has 7 heteroatoms. The minimum atomic E-state index is -1.17. The molecule has 3 aromatic rings. The lowest BCUT2D eigenvalue weighted by Gasteiger charge is -2.24. The first-order valence-electron chi connectivity index (χ1n) is 10.7. The van der Waals surface area contributed by atoms with E-state index in [9.17, 15) is 9.90 Å². The molecule has 162 valence electrons. The van der Waals surface area contributed by atoms with Crippen molar-refractivity contribution in [2.24, 2.45) is 5.92 Å². The number of rotatable bonds is 8. The number of aromatic nitrogens is 3. The van der Waals surface area contributed by atoms with Gasteiger partial charge in [0.1, 0.15) is 11.5 Å². The summed E-state index contributed by atoms with van der Waals surface area (Å²) in [6.45, 7) is 2.56. The number of carboxylic acids is 1. The topological polar surface area (TPSA) is 86.5 Å². The zero-order chi connectivity index (χ0) is 21.8. The highest BCUT2D eigenvalue weighted by Gasteiger charge is 2.23. The van der Waals surface area contributed by atoms with E-state index < -0.39 is 5.97 Å². The van der Waals surface area contributed by atoms with Crippen molar-refractivity contribution in [2.45, 2.75) is 45.6 Å². The molecule has 1 aliphatic carbocycles. The van der Waals surface area contributed by atoms with Gasteiger partial charge in [-0.05, 0) is 66.1 Å². The van der Waals surface area contributed by atoms with Gasteiger partial charge in [0.05, 0.1) is 13.7 Å². The number of fused-ring (bicyclic) bond motifs is 1. The molecule has 0 amide bonds. The monoisotopic (exact) mass is 421 g/mol. The molecule has 1 aliphatic rings. The van der Waals surface area contributed by atoms with Crippen LogP contribution in [0.15, 0.2) is 42.5 Å². The number of aromatic carboxylic acids is 1. The van der Waals surface area contributed by atoms with Crippen LogP contribution in [0.5, 0.6) is 17.4 Å². The van der Waals surface area contributed by atoms with Gasteiger partial charge < -0.3 is 14.6 Å². The van der Waals surface area contributed by atoms with Gasteiger partial charge in [-0.25, -0.2) is 9.48 Å². The fourth-order valence-corrected chi connectivity index (χ4v) is 4.19. The standard InChI is InChI=1S/C24H27N3O4/c1-3-4-16-5-8-18-9-12-21(14-19(18)13-16)31-23-22(24(28)29)25-26-27(23)15-17-6-10-20(30-2)11-7-17/h6-7,9-12,14,16H,3-5,8,13,15H2,1-2H3,(H,28,29). The van der Waals surface area contributed by atoms with Gasteiger partial charge in [0, 0.05) is 0 Å². The Hall–Kier alpha value is -3.35. The van der Waals surface area contributed by atoms with Crippen molar-refractivity contribution >= 4 is 5.97 Å². The Balaban J connectivity index is 1.59. The first kappa shape index (κ1) is 20.9. The molecule has 1 heterocycles. The van der Waals surface area contributed by atoms with Crippen molar-refractivity contribution in [3.05, 3.63) is 64.8 Å². The van der Waals surface area contributed by atoms with Gasteiger partial charge in [0.2, 0.25) is 5.69 Å². The number of methoxy groups -OCH3 is 1. The van der Waals surface area contributed by atoms with Crippen molar-refractivity contribution in [2.75, 3.05) is 7.11 Å². The zero-order valence-corrected chi connectivity index (χ0v) is 17.9. The second-order valence-corrected chi connectivity index (χ2v) is 7.98. The van der Waals surface area contributed by atoms with Crippen LogP contribution in [-0.2, 0) is 19.4 Å². The lowest BCUT2D eigenvalue weighted by atomic mass is 9.82. The second-order valence-electron chi connectivity index (χ2n) is 7.98. The number of carbonyl (C=O) groups is 1. The number of benzene rings is 2. The first-order chi connectivity index (χ1) is 15.1. The van der Waals surface area contributed by atoms with Crippen molar-refractivity contribution in [1.82, 2.24) is 15.0 Å². The third-order valence-corrected chi connectivity index (χ3v) is 5.80. The molecular weight excluding hydrogens is 394 g/mol. The molecule has 1 N–H and O–H groups in total. The summed E-state index contributed by atoms with van der Waals surface area (Å²) >= 11 is 0. The Labute approximate surface area is 181 Å². The van der Waals surface area contributed by atoms with E-state index in [0.717, 1.165) is 24.2 Å². The van der Waals surface area contributed by atoms with Crippen molar-refractivity contribution < 1.29 is 19.4 Å². The Morgan fingerprint density at radius 2 is 1.94 bits per heavy atom. The van der Waals surface area contributed by atoms with Crippen molar-refractivity contribution in [3.8, 4) is 17.4 Å². The number of hydrogen-bond acceptors (Lipinski definition) is 5. The van der Waals surface area contributed by atoms with Gasteiger partial charge in [-0.1, -0.05) is 43.2 Å². The summed E-state index contributed by atoms with van der Waals surface area (Å²) < 4.78 is 12.7. The molecule has 0 radical (unpaired) electrons. The smallest absolute Gasteiger partial charge is 0.362 e. The summed E-state index contributed by atoms with van der Waals surface area (Å²) in [4.78, 5) is 11.7. The van der Waals surface area contributed by atoms with Gasteiger partial charge in [-0.15, -0.1) is 5.10 Å². The van der Waals surface area contributed by atoms with Crippen LogP contribution < -0.4 is 9.47 Å². The summed E-state index contributed by atoms with van der Waals surface area (Å²) in [5, 5.41) is 17.4. The molecule has 7 nitrogen and oxygen atoms in total. The maximum Gasteiger partial charge on any atom is 0.362 e. The molecule has 0 aliphatic heterocycles. The van der Waals surface area contributed by atoms with Gasteiger partial charge >= 0.3 is 5.97 Å². The number of nitrogens with zero attached hydrogens (tertiary/aromatic N) is 3. The quantitative estimate of drug-likeness (QED) is 0.566. The van der Waals surface area contributed by atoms with Crippen LogP contribution in [0.1, 0.15) is 53.4 Å². The minimum Gasteiger partial charge on any atom is -0.497 e. The Morgan fingerprint density at radius 1 is 1.16 bits per heavy atom. The fraction of sp³-hybridized carbons (Fsp3) is 0.375. The third kappa shape index (κ3) is 4.71. The van der Waals surface area contributed by atoms with E-state index in [0.29, 0.717) is 18.2 Å². The predicted octanol–water partition coefficient (Wildman–Crippen LogP) is 4.73. The number of ether oxygens (including phenoxy) is 2. The average molecular weight is 421 g/mol. The van der Waals surface area contributed by atoms with Crippen LogP contribution in [0.25, 0.3) is 0 Å². The summed E-state index contributed by atoms with van der Waals surface area (Å²) in [7, 11) is 1.61. The summed E-state index contributed by atoms with van der Waals surface area (Å²) in [6.07, 6.45) is 5.76. The van der Waals surface area contributed by atoms with Gasteiger partial charge in [-0.3, -0.25) is 0 Å². The van der Waals surface area contributed by atoms with E-state index in [1.54, 1.807) is 7.11 Å². The molecule has 0 saturated heterocycles. The maximum absolute atomic E-state index is 11.7. The van der Waals surface area contributed by atoms with E-state index >= 15 is 0 Å². The first-order valence-corrected chi connectivity index (χ1v) is 10.7. The molecule has 0 spiro atoms. The molecule has 0 saturated carbocycles. The molecule has 1 atom stereocenters. The normalized spacial score (nSPS) is 15.4. The lowest BCUT2D eigenvalue weighted by Crippen LogP contribution is -2.14. The van der Waals surface area contributed by atoms with Crippen LogP contribution in [0, 0.1) is 5.92 Å². The molecule has 1 aromatic heterocycles. The molecule has 0 fully saturated rings. The zero-order valence-electron chi connectivity index (χ0n) is 17.9. The van der Waals surface area contributed by atoms with Crippen LogP contribution in [-0.4, -0.2) is 33.2 Å². The predicted molar refractivity (Wildman–Crippen MR) is 116 cm³/mol. The Morgan fingerprint density at radius 3 is 2.65 bits per heavy atom. The number of carboxylic acid groups (broad SMARTS) is 1. The Kier molecular flexibility index (Phi) is 6.21. The minimum absolute atomic E-state index is 0.129. The molecule has 0 bridgehead atoms. The molecule has 31 heavy (non-hydrogen) atoms. The lowest BCUT2D eigenvalue weighted by molar-refractivity contribution is 0.0687. The summed E-state index contributed by atoms with van der Waals surface area (Å²) in [6, 6.07) is 13.5. The second kappa shape index (κ2) is 9.20. The SMILES string of the molecule is CCCC1CCc2ccc(Oc3c(C(=O)O)nnn3Cc3ccc(OC)cc3)cc2C1. The number of aryl methyl sites for hydroxylation is 1. The fourth-order valence-electron chi connectivity index (χ4n) is 4.19. The highest BCUT2D eigenvalue weighted by atomic mass is 16.5. The highest BCUT2D eigenvalue weighted by molar-refractivity contribution is 5.87. The van der Waals surface area contributed by atoms with Crippen LogP contribution in [0.3, 0.4) is 0 Å². The van der Waals surface area contributed by atoms with E-state index in [1.165, 1.54) is 35.1 Å². The molecule has 4 rings (SSSR count). The van der Waals surface area contributed by atoms with Gasteiger partial charge in [0.25, 0.3) is 5.88 Å². The van der Waals surface area contributed by atoms with Gasteiger partial charge in [0.15, 0.2) is 0 Å². The third-order valence-electron chi connectivity index (χ3n) is 5.80. The Bertz CT molecular complexity index is 1060. The number of hydrogen-bond donors (Lipinski definition) is 1. The van der Waals surface area contributed by atoms with Crippen LogP contribution in [0.4, 0.5) is 0 Å². The molecule has 2 aromatic carbocycles. The molecule has 1 unspecified atom stereocenters. The van der Waals surface area contributed by atoms with E-state index in [-0.39, 0.29) is 11.6 Å². The molecular formula is C24H27N3O4.